The monoisotopic (exact) mass is 261 g/mol. The Bertz CT molecular complexity index is 576. The Morgan fingerprint density at radius 2 is 2.21 bits per heavy atom. The second-order valence-corrected chi connectivity index (χ2v) is 5.55. The number of aryl methyl sites for hydroxylation is 1. The second kappa shape index (κ2) is 4.87. The van der Waals surface area contributed by atoms with Crippen molar-refractivity contribution in [3.63, 3.8) is 0 Å². The fourth-order valence-corrected chi connectivity index (χ4v) is 1.63. The molecule has 0 aliphatic heterocycles. The summed E-state index contributed by atoms with van der Waals surface area (Å²) in [6, 6.07) is 3.89. The van der Waals surface area contributed by atoms with E-state index in [1.165, 1.54) is 0 Å². The van der Waals surface area contributed by atoms with Crippen LogP contribution < -0.4 is 5.32 Å². The van der Waals surface area contributed by atoms with Crippen molar-refractivity contribution in [2.24, 2.45) is 7.05 Å². The highest BCUT2D eigenvalue weighted by Crippen LogP contribution is 2.17. The van der Waals surface area contributed by atoms with Crippen molar-refractivity contribution in [2.45, 2.75) is 32.7 Å². The minimum Gasteiger partial charge on any atom is -0.353 e. The first-order chi connectivity index (χ1) is 8.88. The van der Waals surface area contributed by atoms with Crippen LogP contribution in [-0.4, -0.2) is 25.7 Å². The summed E-state index contributed by atoms with van der Waals surface area (Å²) >= 11 is 0. The van der Waals surface area contributed by atoms with Crippen molar-refractivity contribution in [3.8, 4) is 0 Å². The Morgan fingerprint density at radius 3 is 2.74 bits per heavy atom. The molecule has 0 spiro atoms. The van der Waals surface area contributed by atoms with Crippen molar-refractivity contribution in [3.05, 3.63) is 35.7 Å². The van der Waals surface area contributed by atoms with Gasteiger partial charge in [-0.3, -0.25) is 9.89 Å². The van der Waals surface area contributed by atoms with Crippen molar-refractivity contribution < 1.29 is 4.79 Å². The first kappa shape index (κ1) is 13.3. The van der Waals surface area contributed by atoms with E-state index in [0.29, 0.717) is 12.4 Å². The normalized spacial score (nSPS) is 11.6. The zero-order valence-electron chi connectivity index (χ0n) is 11.7. The van der Waals surface area contributed by atoms with Gasteiger partial charge >= 0.3 is 0 Å². The summed E-state index contributed by atoms with van der Waals surface area (Å²) in [5, 5.41) is 9.56. The molecule has 0 unspecified atom stereocenters. The molecule has 0 aromatic carbocycles. The number of rotatable bonds is 3. The van der Waals surface area contributed by atoms with Crippen LogP contribution in [0.2, 0.25) is 0 Å². The molecule has 0 atom stereocenters. The maximum Gasteiger partial charge on any atom is 0.291 e. The topological polar surface area (TPSA) is 75.6 Å². The zero-order valence-corrected chi connectivity index (χ0v) is 11.7. The number of nitrogens with zero attached hydrogens (tertiary/aromatic N) is 3. The molecule has 0 radical (unpaired) electrons. The van der Waals surface area contributed by atoms with Gasteiger partial charge in [0.05, 0.1) is 6.54 Å². The molecule has 2 heterocycles. The highest BCUT2D eigenvalue weighted by molar-refractivity contribution is 5.90. The molecule has 0 bridgehead atoms. The number of amides is 1. The summed E-state index contributed by atoms with van der Waals surface area (Å²) in [7, 11) is 1.94. The van der Waals surface area contributed by atoms with Gasteiger partial charge in [-0.25, -0.2) is 4.98 Å². The second-order valence-electron chi connectivity index (χ2n) is 5.55. The van der Waals surface area contributed by atoms with E-state index in [1.807, 2.05) is 50.7 Å². The molecule has 0 aliphatic rings. The number of H-pyrrole nitrogens is 1. The fraction of sp³-hybridized carbons (Fsp3) is 0.462. The number of aromatic nitrogens is 4. The van der Waals surface area contributed by atoms with E-state index in [2.05, 4.69) is 20.5 Å². The Kier molecular flexibility index (Phi) is 3.42. The Balaban J connectivity index is 2.01. The number of nitrogens with one attached hydrogen (secondary N) is 2. The van der Waals surface area contributed by atoms with E-state index in [-0.39, 0.29) is 17.1 Å². The molecule has 2 aromatic rings. The Morgan fingerprint density at radius 1 is 1.47 bits per heavy atom. The molecule has 102 valence electrons. The summed E-state index contributed by atoms with van der Waals surface area (Å²) in [6.45, 7) is 6.50. The van der Waals surface area contributed by atoms with E-state index < -0.39 is 0 Å². The van der Waals surface area contributed by atoms with Crippen LogP contribution in [0.4, 0.5) is 0 Å². The average Bonchev–Trinajstić information content (AvgIpc) is 2.93. The van der Waals surface area contributed by atoms with Crippen molar-refractivity contribution >= 4 is 5.91 Å². The molecule has 1 amide bonds. The molecule has 0 saturated carbocycles. The summed E-state index contributed by atoms with van der Waals surface area (Å²) in [6.07, 6.45) is 1.94. The summed E-state index contributed by atoms with van der Waals surface area (Å²) in [5.41, 5.74) is 0.879. The summed E-state index contributed by atoms with van der Waals surface area (Å²) < 4.78 is 1.96. The van der Waals surface area contributed by atoms with E-state index in [4.69, 9.17) is 0 Å². The number of hydrogen-bond acceptors (Lipinski definition) is 3. The van der Waals surface area contributed by atoms with Gasteiger partial charge < -0.3 is 9.88 Å². The smallest absolute Gasteiger partial charge is 0.291 e. The van der Waals surface area contributed by atoms with E-state index >= 15 is 0 Å². The number of carbonyl (C=O) groups excluding carboxylic acids is 1. The molecular formula is C13H19N5O. The maximum absolute atomic E-state index is 11.9. The van der Waals surface area contributed by atoms with Crippen LogP contribution in [0.25, 0.3) is 0 Å². The average molecular weight is 261 g/mol. The van der Waals surface area contributed by atoms with Crippen LogP contribution in [-0.2, 0) is 19.0 Å². The summed E-state index contributed by atoms with van der Waals surface area (Å²) in [5.74, 6) is 0.614. The third kappa shape index (κ3) is 3.01. The van der Waals surface area contributed by atoms with Crippen molar-refractivity contribution in [2.75, 3.05) is 0 Å². The maximum atomic E-state index is 11.9. The standard InChI is InChI=1S/C13H19N5O/c1-13(2,3)12-15-10(16-17-12)11(19)14-8-9-6-5-7-18(9)4/h5-7H,8H2,1-4H3,(H,14,19)(H,15,16,17). The van der Waals surface area contributed by atoms with Crippen LogP contribution in [0.3, 0.4) is 0 Å². The largest absolute Gasteiger partial charge is 0.353 e. The third-order valence-corrected chi connectivity index (χ3v) is 2.88. The number of carbonyl (C=O) groups is 1. The molecule has 2 rings (SSSR count). The molecule has 0 saturated heterocycles. The van der Waals surface area contributed by atoms with Crippen LogP contribution in [0.15, 0.2) is 18.3 Å². The lowest BCUT2D eigenvalue weighted by molar-refractivity contribution is 0.0940. The van der Waals surface area contributed by atoms with Gasteiger partial charge in [-0.15, -0.1) is 5.10 Å². The van der Waals surface area contributed by atoms with Gasteiger partial charge in [-0.1, -0.05) is 20.8 Å². The SMILES string of the molecule is Cn1cccc1CNC(=O)c1n[nH]c(C(C)(C)C)n1. The Labute approximate surface area is 112 Å². The minimum atomic E-state index is -0.270. The molecule has 2 N–H and O–H groups in total. The lowest BCUT2D eigenvalue weighted by atomic mass is 9.96. The highest BCUT2D eigenvalue weighted by Gasteiger charge is 2.21. The van der Waals surface area contributed by atoms with Gasteiger partial charge in [0.25, 0.3) is 5.91 Å². The zero-order chi connectivity index (χ0) is 14.0. The molecule has 6 heteroatoms. The summed E-state index contributed by atoms with van der Waals surface area (Å²) in [4.78, 5) is 16.1. The van der Waals surface area contributed by atoms with Gasteiger partial charge in [-0.2, -0.15) is 0 Å². The molecular weight excluding hydrogens is 242 g/mol. The van der Waals surface area contributed by atoms with E-state index in [9.17, 15) is 4.79 Å². The van der Waals surface area contributed by atoms with Crippen molar-refractivity contribution in [1.82, 2.24) is 25.1 Å². The van der Waals surface area contributed by atoms with Crippen LogP contribution in [0.1, 0.15) is 42.9 Å². The van der Waals surface area contributed by atoms with Gasteiger partial charge in [0.1, 0.15) is 5.82 Å². The van der Waals surface area contributed by atoms with Crippen LogP contribution in [0, 0.1) is 0 Å². The predicted molar refractivity (Wildman–Crippen MR) is 71.7 cm³/mol. The first-order valence-electron chi connectivity index (χ1n) is 6.19. The molecule has 6 nitrogen and oxygen atoms in total. The van der Waals surface area contributed by atoms with Crippen LogP contribution >= 0.6 is 0 Å². The minimum absolute atomic E-state index is 0.149. The van der Waals surface area contributed by atoms with Gasteiger partial charge in [0.15, 0.2) is 0 Å². The lowest BCUT2D eigenvalue weighted by Gasteiger charge is -2.12. The molecule has 2 aromatic heterocycles. The van der Waals surface area contributed by atoms with E-state index in [1.54, 1.807) is 0 Å². The predicted octanol–water partition coefficient (Wildman–Crippen LogP) is 1.37. The van der Waals surface area contributed by atoms with Crippen molar-refractivity contribution in [1.29, 1.82) is 0 Å². The van der Waals surface area contributed by atoms with Gasteiger partial charge in [0, 0.05) is 24.4 Å². The van der Waals surface area contributed by atoms with Crippen LogP contribution in [0.5, 0.6) is 0 Å². The van der Waals surface area contributed by atoms with Gasteiger partial charge in [-0.05, 0) is 12.1 Å². The number of hydrogen-bond donors (Lipinski definition) is 2. The third-order valence-electron chi connectivity index (χ3n) is 2.88. The first-order valence-corrected chi connectivity index (χ1v) is 6.19. The molecule has 19 heavy (non-hydrogen) atoms. The highest BCUT2D eigenvalue weighted by atomic mass is 16.2. The molecule has 0 aliphatic carbocycles. The molecule has 0 fully saturated rings. The Hall–Kier alpha value is -2.11. The van der Waals surface area contributed by atoms with E-state index in [0.717, 1.165) is 5.69 Å². The fourth-order valence-electron chi connectivity index (χ4n) is 1.63. The van der Waals surface area contributed by atoms with Gasteiger partial charge in [0.2, 0.25) is 5.82 Å². The number of aromatic amines is 1. The lowest BCUT2D eigenvalue weighted by Crippen LogP contribution is -2.25. The quantitative estimate of drug-likeness (QED) is 0.876.